The van der Waals surface area contributed by atoms with Crippen molar-refractivity contribution in [1.29, 1.82) is 0 Å². The second kappa shape index (κ2) is 4.76. The maximum Gasteiger partial charge on any atom is 0.175 e. The van der Waals surface area contributed by atoms with E-state index in [1.54, 1.807) is 6.07 Å². The number of carbonyl (C=O) groups excluding carboxylic acids is 1. The summed E-state index contributed by atoms with van der Waals surface area (Å²) in [5.74, 6) is -1.32. The molecule has 3 rings (SSSR count). The monoisotopic (exact) mass is 292 g/mol. The van der Waals surface area contributed by atoms with Crippen molar-refractivity contribution in [2.45, 2.75) is 5.92 Å². The molecule has 2 N–H and O–H groups in total. The molecule has 1 aliphatic heterocycles. The van der Waals surface area contributed by atoms with E-state index >= 15 is 0 Å². The normalized spacial score (nSPS) is 16.6. The molecule has 2 heterocycles. The molecule has 2 aromatic rings. The Hall–Kier alpha value is -2.14. The van der Waals surface area contributed by atoms with Gasteiger partial charge in [-0.15, -0.1) is 0 Å². The van der Waals surface area contributed by atoms with Crippen LogP contribution < -0.4 is 5.32 Å². The topological polar surface area (TPSA) is 62.2 Å². The van der Waals surface area contributed by atoms with Gasteiger partial charge in [-0.3, -0.25) is 4.79 Å². The van der Waals surface area contributed by atoms with E-state index in [4.69, 9.17) is 11.6 Å². The predicted molar refractivity (Wildman–Crippen MR) is 72.9 cm³/mol. The van der Waals surface area contributed by atoms with E-state index in [0.29, 0.717) is 22.9 Å². The molecule has 0 bridgehead atoms. The first-order chi connectivity index (χ1) is 9.58. The van der Waals surface area contributed by atoms with Gasteiger partial charge in [0.2, 0.25) is 0 Å². The first-order valence-electron chi connectivity index (χ1n) is 5.99. The van der Waals surface area contributed by atoms with Gasteiger partial charge in [-0.2, -0.15) is 0 Å². The number of rotatable bonds is 2. The van der Waals surface area contributed by atoms with Crippen LogP contribution in [0.5, 0.6) is 5.75 Å². The zero-order chi connectivity index (χ0) is 14.3. The minimum Gasteiger partial charge on any atom is -0.508 e. The number of ketones is 1. The van der Waals surface area contributed by atoms with Gasteiger partial charge in [0.15, 0.2) is 5.78 Å². The fraction of sp³-hybridized carbons (Fsp3) is 0.143. The van der Waals surface area contributed by atoms with Crippen LogP contribution >= 0.6 is 11.6 Å². The Morgan fingerprint density at radius 1 is 1.45 bits per heavy atom. The first kappa shape index (κ1) is 12.9. The van der Waals surface area contributed by atoms with Gasteiger partial charge in [0, 0.05) is 23.3 Å². The SMILES string of the molecule is O=C(c1cc(O)ccc1F)C1CNc2nccc(Cl)c21. The first-order valence-corrected chi connectivity index (χ1v) is 6.36. The van der Waals surface area contributed by atoms with Crippen molar-refractivity contribution in [1.82, 2.24) is 4.98 Å². The van der Waals surface area contributed by atoms with Crippen LogP contribution in [0.3, 0.4) is 0 Å². The van der Waals surface area contributed by atoms with Crippen LogP contribution in [-0.2, 0) is 0 Å². The van der Waals surface area contributed by atoms with Gasteiger partial charge in [0.1, 0.15) is 17.4 Å². The Balaban J connectivity index is 2.04. The average Bonchev–Trinajstić information content (AvgIpc) is 2.86. The Morgan fingerprint density at radius 2 is 2.25 bits per heavy atom. The Bertz CT molecular complexity index is 706. The highest BCUT2D eigenvalue weighted by atomic mass is 35.5. The summed E-state index contributed by atoms with van der Waals surface area (Å²) >= 11 is 6.09. The number of hydrogen-bond donors (Lipinski definition) is 2. The highest BCUT2D eigenvalue weighted by Gasteiger charge is 2.33. The van der Waals surface area contributed by atoms with E-state index in [2.05, 4.69) is 10.3 Å². The zero-order valence-electron chi connectivity index (χ0n) is 10.2. The molecule has 0 saturated carbocycles. The number of anilines is 1. The molecule has 1 unspecified atom stereocenters. The number of aromatic nitrogens is 1. The number of benzene rings is 1. The quantitative estimate of drug-likeness (QED) is 0.835. The van der Waals surface area contributed by atoms with Gasteiger partial charge in [-0.25, -0.2) is 9.37 Å². The third-order valence-corrected chi connectivity index (χ3v) is 3.62. The second-order valence-corrected chi connectivity index (χ2v) is 4.92. The molecule has 102 valence electrons. The molecule has 0 spiro atoms. The summed E-state index contributed by atoms with van der Waals surface area (Å²) in [4.78, 5) is 16.6. The number of carbonyl (C=O) groups is 1. The predicted octanol–water partition coefficient (Wildman–Crippen LogP) is 2.97. The summed E-state index contributed by atoms with van der Waals surface area (Å²) in [7, 11) is 0. The Morgan fingerprint density at radius 3 is 3.05 bits per heavy atom. The van der Waals surface area contributed by atoms with Crippen molar-refractivity contribution in [3.8, 4) is 5.75 Å². The maximum atomic E-state index is 13.7. The minimum absolute atomic E-state index is 0.149. The van der Waals surface area contributed by atoms with Crippen molar-refractivity contribution in [2.24, 2.45) is 0 Å². The number of phenolic OH excluding ortho intramolecular Hbond substituents is 1. The number of halogens is 2. The van der Waals surface area contributed by atoms with E-state index < -0.39 is 17.5 Å². The van der Waals surface area contributed by atoms with Gasteiger partial charge >= 0.3 is 0 Å². The molecule has 1 aliphatic rings. The minimum atomic E-state index is -0.665. The number of phenols is 1. The summed E-state index contributed by atoms with van der Waals surface area (Å²) < 4.78 is 13.7. The molecule has 0 aliphatic carbocycles. The zero-order valence-corrected chi connectivity index (χ0v) is 11.0. The molecule has 0 radical (unpaired) electrons. The van der Waals surface area contributed by atoms with E-state index in [1.807, 2.05) is 0 Å². The lowest BCUT2D eigenvalue weighted by molar-refractivity contribution is 0.0962. The lowest BCUT2D eigenvalue weighted by atomic mass is 9.93. The van der Waals surface area contributed by atoms with Crippen LogP contribution in [-0.4, -0.2) is 22.4 Å². The summed E-state index contributed by atoms with van der Waals surface area (Å²) in [6, 6.07) is 4.98. The lowest BCUT2D eigenvalue weighted by Gasteiger charge is -2.11. The van der Waals surface area contributed by atoms with E-state index in [9.17, 15) is 14.3 Å². The lowest BCUT2D eigenvalue weighted by Crippen LogP contribution is -2.16. The molecule has 0 fully saturated rings. The van der Waals surface area contributed by atoms with Crippen LogP contribution in [0.4, 0.5) is 10.2 Å². The fourth-order valence-electron chi connectivity index (χ4n) is 2.34. The maximum absolute atomic E-state index is 13.7. The molecule has 0 saturated heterocycles. The molecule has 0 amide bonds. The molecular weight excluding hydrogens is 283 g/mol. The van der Waals surface area contributed by atoms with Crippen molar-refractivity contribution >= 4 is 23.2 Å². The van der Waals surface area contributed by atoms with Gasteiger partial charge in [0.05, 0.1) is 11.5 Å². The van der Waals surface area contributed by atoms with E-state index in [-0.39, 0.29) is 11.3 Å². The number of nitrogens with zero attached hydrogens (tertiary/aromatic N) is 1. The number of fused-ring (bicyclic) bond motifs is 1. The van der Waals surface area contributed by atoms with E-state index in [0.717, 1.165) is 12.1 Å². The van der Waals surface area contributed by atoms with Crippen molar-refractivity contribution in [2.75, 3.05) is 11.9 Å². The number of hydrogen-bond acceptors (Lipinski definition) is 4. The number of aromatic hydroxyl groups is 1. The Labute approximate surface area is 119 Å². The van der Waals surface area contributed by atoms with Crippen LogP contribution in [0.25, 0.3) is 0 Å². The molecule has 6 heteroatoms. The van der Waals surface area contributed by atoms with Crippen LogP contribution in [0.15, 0.2) is 30.5 Å². The van der Waals surface area contributed by atoms with Gasteiger partial charge in [-0.1, -0.05) is 11.6 Å². The second-order valence-electron chi connectivity index (χ2n) is 4.52. The third-order valence-electron chi connectivity index (χ3n) is 3.29. The molecule has 20 heavy (non-hydrogen) atoms. The van der Waals surface area contributed by atoms with Gasteiger partial charge in [-0.05, 0) is 24.3 Å². The molecule has 1 aromatic heterocycles. The van der Waals surface area contributed by atoms with Crippen molar-refractivity contribution < 1.29 is 14.3 Å². The largest absolute Gasteiger partial charge is 0.508 e. The van der Waals surface area contributed by atoms with Crippen LogP contribution in [0.1, 0.15) is 21.8 Å². The van der Waals surface area contributed by atoms with E-state index in [1.165, 1.54) is 12.3 Å². The third kappa shape index (κ3) is 2.00. The molecule has 1 atom stereocenters. The van der Waals surface area contributed by atoms with Crippen molar-refractivity contribution in [3.05, 3.63) is 52.4 Å². The highest BCUT2D eigenvalue weighted by Crippen LogP contribution is 2.37. The smallest absolute Gasteiger partial charge is 0.175 e. The van der Waals surface area contributed by atoms with Crippen LogP contribution in [0.2, 0.25) is 5.02 Å². The summed E-state index contributed by atoms with van der Waals surface area (Å²) in [5, 5.41) is 12.8. The molecular formula is C14H10ClFN2O2. The average molecular weight is 293 g/mol. The highest BCUT2D eigenvalue weighted by molar-refractivity contribution is 6.32. The summed E-state index contributed by atoms with van der Waals surface area (Å²) in [6.07, 6.45) is 1.54. The standard InChI is InChI=1S/C14H10ClFN2O2/c15-10-3-4-17-14-12(10)9(6-18-14)13(20)8-5-7(19)1-2-11(8)16/h1-5,9,19H,6H2,(H,17,18). The fourth-order valence-corrected chi connectivity index (χ4v) is 2.61. The Kier molecular flexibility index (Phi) is 3.06. The molecule has 4 nitrogen and oxygen atoms in total. The number of nitrogens with one attached hydrogen (secondary N) is 1. The van der Waals surface area contributed by atoms with Gasteiger partial charge in [0.25, 0.3) is 0 Å². The van der Waals surface area contributed by atoms with Crippen molar-refractivity contribution in [3.63, 3.8) is 0 Å². The van der Waals surface area contributed by atoms with Crippen LogP contribution in [0, 0.1) is 5.82 Å². The summed E-state index contributed by atoms with van der Waals surface area (Å²) in [6.45, 7) is 0.306. The number of Topliss-reactive ketones (excluding diaryl/α,β-unsaturated/α-hetero) is 1. The van der Waals surface area contributed by atoms with Gasteiger partial charge < -0.3 is 10.4 Å². The number of pyridine rings is 1. The molecule has 1 aromatic carbocycles. The summed E-state index contributed by atoms with van der Waals surface area (Å²) in [5.41, 5.74) is 0.423.